The smallest absolute Gasteiger partial charge is 0.269 e. The van der Waals surface area contributed by atoms with E-state index in [0.717, 1.165) is 54.4 Å². The highest BCUT2D eigenvalue weighted by atomic mass is 16.6. The molecule has 11 nitrogen and oxygen atoms in total. The van der Waals surface area contributed by atoms with E-state index in [1.807, 2.05) is 22.9 Å². The summed E-state index contributed by atoms with van der Waals surface area (Å²) in [5.74, 6) is 0.858. The fourth-order valence-electron chi connectivity index (χ4n) is 5.50. The van der Waals surface area contributed by atoms with Gasteiger partial charge in [0.15, 0.2) is 0 Å². The first kappa shape index (κ1) is 26.6. The molecule has 0 radical (unpaired) electrons. The maximum absolute atomic E-state index is 12.1. The number of aromatic nitrogens is 2. The Balaban J connectivity index is 1.28. The van der Waals surface area contributed by atoms with Crippen LogP contribution in [0.25, 0.3) is 11.3 Å². The zero-order valence-corrected chi connectivity index (χ0v) is 22.3. The summed E-state index contributed by atoms with van der Waals surface area (Å²) in [6.45, 7) is 6.78. The van der Waals surface area contributed by atoms with Gasteiger partial charge in [-0.1, -0.05) is 12.1 Å². The van der Waals surface area contributed by atoms with Crippen molar-refractivity contribution in [3.63, 3.8) is 0 Å². The van der Waals surface area contributed by atoms with E-state index in [1.54, 1.807) is 31.1 Å². The Morgan fingerprint density at radius 1 is 1.08 bits per heavy atom. The number of piperazine rings is 1. The largest absolute Gasteiger partial charge is 0.495 e. The monoisotopic (exact) mass is 534 g/mol. The number of benzene rings is 2. The Hall–Kier alpha value is -3.96. The lowest BCUT2D eigenvalue weighted by atomic mass is 10.0. The summed E-state index contributed by atoms with van der Waals surface area (Å²) in [5, 5.41) is 27.0. The molecule has 11 heteroatoms. The van der Waals surface area contributed by atoms with Gasteiger partial charge in [0.1, 0.15) is 5.75 Å². The molecule has 1 amide bonds. The summed E-state index contributed by atoms with van der Waals surface area (Å²) in [6, 6.07) is 14.3. The van der Waals surface area contributed by atoms with Crippen LogP contribution in [-0.4, -0.2) is 88.0 Å². The number of carbonyl (C=O) groups excluding carboxylic acids is 1. The van der Waals surface area contributed by atoms with Crippen LogP contribution in [0.3, 0.4) is 0 Å². The van der Waals surface area contributed by atoms with Gasteiger partial charge in [-0.3, -0.25) is 24.5 Å². The van der Waals surface area contributed by atoms with Gasteiger partial charge < -0.3 is 19.6 Å². The summed E-state index contributed by atoms with van der Waals surface area (Å²) in [6.07, 6.45) is 0.0153. The van der Waals surface area contributed by atoms with Crippen LogP contribution in [0.2, 0.25) is 0 Å². The van der Waals surface area contributed by atoms with Crippen LogP contribution in [0, 0.1) is 10.1 Å². The number of aliphatic hydroxyl groups excluding tert-OH is 1. The van der Waals surface area contributed by atoms with Gasteiger partial charge >= 0.3 is 0 Å². The van der Waals surface area contributed by atoms with Gasteiger partial charge in [0, 0.05) is 88.1 Å². The van der Waals surface area contributed by atoms with E-state index in [2.05, 4.69) is 15.9 Å². The van der Waals surface area contributed by atoms with Crippen LogP contribution in [0.4, 0.5) is 11.4 Å². The van der Waals surface area contributed by atoms with E-state index < -0.39 is 11.0 Å². The van der Waals surface area contributed by atoms with Gasteiger partial charge in [0.2, 0.25) is 5.91 Å². The number of β-amino-alcohol motifs (C(OH)–C–C–N with tert-alkyl or cyclic N) is 1. The number of hydrogen-bond acceptors (Lipinski definition) is 8. The molecule has 206 valence electrons. The molecule has 0 bridgehead atoms. The lowest BCUT2D eigenvalue weighted by Gasteiger charge is -2.37. The van der Waals surface area contributed by atoms with Gasteiger partial charge in [0.05, 0.1) is 36.1 Å². The zero-order valence-electron chi connectivity index (χ0n) is 22.3. The number of carbonyl (C=O) groups is 1. The normalized spacial score (nSPS) is 16.6. The van der Waals surface area contributed by atoms with E-state index in [0.29, 0.717) is 38.3 Å². The number of para-hydroxylation sites is 2. The third kappa shape index (κ3) is 5.74. The minimum absolute atomic E-state index is 0.00431. The number of anilines is 1. The molecule has 3 aromatic rings. The summed E-state index contributed by atoms with van der Waals surface area (Å²) in [4.78, 5) is 29.1. The number of methoxy groups -OCH3 is 1. The molecule has 0 spiro atoms. The van der Waals surface area contributed by atoms with Crippen molar-refractivity contribution in [1.82, 2.24) is 19.6 Å². The molecule has 1 aromatic heterocycles. The second-order valence-corrected chi connectivity index (χ2v) is 10.1. The topological polar surface area (TPSA) is 117 Å². The van der Waals surface area contributed by atoms with Crippen molar-refractivity contribution in [3.05, 3.63) is 69.9 Å². The summed E-state index contributed by atoms with van der Waals surface area (Å²) in [7, 11) is 1.68. The fraction of sp³-hybridized carbons (Fsp3) is 0.429. The molecule has 2 aromatic carbocycles. The first-order valence-electron chi connectivity index (χ1n) is 13.2. The Bertz CT molecular complexity index is 1330. The van der Waals surface area contributed by atoms with Gasteiger partial charge in [-0.2, -0.15) is 5.10 Å². The third-order valence-corrected chi connectivity index (χ3v) is 7.58. The molecular formula is C28H34N6O5. The van der Waals surface area contributed by atoms with Gasteiger partial charge in [-0.25, -0.2) is 0 Å². The van der Waals surface area contributed by atoms with Crippen LogP contribution in [0.1, 0.15) is 18.2 Å². The zero-order chi connectivity index (χ0) is 27.5. The molecule has 39 heavy (non-hydrogen) atoms. The molecule has 1 atom stereocenters. The highest BCUT2D eigenvalue weighted by Crippen LogP contribution is 2.32. The van der Waals surface area contributed by atoms with Crippen LogP contribution in [0.5, 0.6) is 5.75 Å². The first-order valence-corrected chi connectivity index (χ1v) is 13.2. The van der Waals surface area contributed by atoms with Crippen molar-refractivity contribution >= 4 is 17.3 Å². The number of ether oxygens (including phenoxy) is 1. The van der Waals surface area contributed by atoms with Gasteiger partial charge in [-0.05, 0) is 24.3 Å². The summed E-state index contributed by atoms with van der Waals surface area (Å²) < 4.78 is 7.38. The average Bonchev–Trinajstić information content (AvgIpc) is 3.30. The quantitative estimate of drug-likeness (QED) is 0.346. The van der Waals surface area contributed by atoms with Crippen molar-refractivity contribution in [2.75, 3.05) is 51.3 Å². The minimum Gasteiger partial charge on any atom is -0.495 e. The Morgan fingerprint density at radius 3 is 2.46 bits per heavy atom. The Morgan fingerprint density at radius 2 is 1.79 bits per heavy atom. The van der Waals surface area contributed by atoms with E-state index in [9.17, 15) is 20.0 Å². The molecule has 1 saturated heterocycles. The maximum Gasteiger partial charge on any atom is 0.269 e. The van der Waals surface area contributed by atoms with E-state index in [1.165, 1.54) is 12.1 Å². The Kier molecular flexibility index (Phi) is 7.80. The van der Waals surface area contributed by atoms with Crippen molar-refractivity contribution in [3.8, 4) is 17.0 Å². The lowest BCUT2D eigenvalue weighted by Crippen LogP contribution is -2.49. The molecule has 3 heterocycles. The van der Waals surface area contributed by atoms with Gasteiger partial charge in [-0.15, -0.1) is 0 Å². The average molecular weight is 535 g/mol. The van der Waals surface area contributed by atoms with Crippen molar-refractivity contribution in [1.29, 1.82) is 0 Å². The van der Waals surface area contributed by atoms with Crippen molar-refractivity contribution in [2.45, 2.75) is 32.5 Å². The first-order chi connectivity index (χ1) is 18.8. The van der Waals surface area contributed by atoms with Crippen LogP contribution < -0.4 is 9.64 Å². The van der Waals surface area contributed by atoms with Crippen LogP contribution >= 0.6 is 0 Å². The van der Waals surface area contributed by atoms with Crippen LogP contribution in [0.15, 0.2) is 48.5 Å². The third-order valence-electron chi connectivity index (χ3n) is 7.58. The van der Waals surface area contributed by atoms with Crippen molar-refractivity contribution in [2.24, 2.45) is 0 Å². The molecule has 1 N–H and O–H groups in total. The maximum atomic E-state index is 12.1. The lowest BCUT2D eigenvalue weighted by molar-refractivity contribution is -0.384. The number of amides is 1. The number of nitrogens with zero attached hydrogens (tertiary/aromatic N) is 6. The SMILES string of the molecule is COc1ccccc1N1CCN(CC(O)Cn2nc(-c3ccc([N+](=O)[O-])cc3)c3c2CCN(C(C)=O)C3)CC1. The number of fused-ring (bicyclic) bond motifs is 1. The predicted octanol–water partition coefficient (Wildman–Crippen LogP) is 2.55. The molecule has 0 aliphatic carbocycles. The molecule has 5 rings (SSSR count). The number of rotatable bonds is 8. The number of aliphatic hydroxyl groups is 1. The highest BCUT2D eigenvalue weighted by molar-refractivity contribution is 5.75. The molecular weight excluding hydrogens is 500 g/mol. The molecule has 2 aliphatic heterocycles. The van der Waals surface area contributed by atoms with Crippen molar-refractivity contribution < 1.29 is 19.6 Å². The number of nitro benzene ring substituents is 1. The molecule has 0 saturated carbocycles. The fourth-order valence-corrected chi connectivity index (χ4v) is 5.50. The van der Waals surface area contributed by atoms with E-state index >= 15 is 0 Å². The number of hydrogen-bond donors (Lipinski definition) is 1. The Labute approximate surface area is 227 Å². The van der Waals surface area contributed by atoms with Crippen LogP contribution in [-0.2, 0) is 24.3 Å². The molecule has 1 unspecified atom stereocenters. The molecule has 1 fully saturated rings. The second-order valence-electron chi connectivity index (χ2n) is 10.1. The predicted molar refractivity (Wildman–Crippen MR) is 147 cm³/mol. The summed E-state index contributed by atoms with van der Waals surface area (Å²) in [5.41, 5.74) is 4.48. The van der Waals surface area contributed by atoms with Gasteiger partial charge in [0.25, 0.3) is 5.69 Å². The second kappa shape index (κ2) is 11.4. The standard InChI is InChI=1S/C28H34N6O5/c1-20(35)32-12-11-25-24(19-32)28(21-7-9-22(10-8-21)34(37)38)29-33(25)18-23(36)17-30-13-15-31(16-14-30)26-5-3-4-6-27(26)39-2/h3-10,23,36H,11-19H2,1-2H3. The number of non-ortho nitro benzene ring substituents is 1. The van der Waals surface area contributed by atoms with E-state index in [4.69, 9.17) is 9.84 Å². The summed E-state index contributed by atoms with van der Waals surface area (Å²) >= 11 is 0. The molecule has 2 aliphatic rings. The highest BCUT2D eigenvalue weighted by Gasteiger charge is 2.28. The number of nitro groups is 1. The minimum atomic E-state index is -0.623. The van der Waals surface area contributed by atoms with E-state index in [-0.39, 0.29) is 11.6 Å².